The van der Waals surface area contributed by atoms with Crippen LogP contribution in [0.25, 0.3) is 0 Å². The molecule has 0 spiro atoms. The highest BCUT2D eigenvalue weighted by molar-refractivity contribution is 7.91. The van der Waals surface area contributed by atoms with Gasteiger partial charge in [-0.1, -0.05) is 32.6 Å². The first-order valence-electron chi connectivity index (χ1n) is 6.35. The number of alkyl halides is 1. The zero-order valence-corrected chi connectivity index (χ0v) is 11.7. The lowest BCUT2D eigenvalue weighted by atomic mass is 9.89. The van der Waals surface area contributed by atoms with Crippen LogP contribution in [0, 0.1) is 11.8 Å². The first-order valence-corrected chi connectivity index (χ1v) is 8.71. The van der Waals surface area contributed by atoms with Crippen molar-refractivity contribution in [3.8, 4) is 0 Å². The van der Waals surface area contributed by atoms with Gasteiger partial charge in [0.1, 0.15) is 0 Å². The second-order valence-corrected chi connectivity index (χ2v) is 7.46. The molecule has 0 aliphatic carbocycles. The molecule has 1 fully saturated rings. The van der Waals surface area contributed by atoms with Crippen LogP contribution in [0.15, 0.2) is 0 Å². The third-order valence-electron chi connectivity index (χ3n) is 3.56. The summed E-state index contributed by atoms with van der Waals surface area (Å²) >= 11 is 5.96. The Morgan fingerprint density at radius 1 is 1.31 bits per heavy atom. The van der Waals surface area contributed by atoms with Crippen molar-refractivity contribution in [2.45, 2.75) is 45.4 Å². The summed E-state index contributed by atoms with van der Waals surface area (Å²) in [5, 5.41) is 0. The standard InChI is InChI=1S/C12H23ClO2S/c1-2-3-4-5-6-11(9-13)12-7-8-16(14,15)10-12/h11-12H,2-10H2,1H3. The van der Waals surface area contributed by atoms with E-state index >= 15 is 0 Å². The summed E-state index contributed by atoms with van der Waals surface area (Å²) in [7, 11) is -2.74. The monoisotopic (exact) mass is 266 g/mol. The largest absolute Gasteiger partial charge is 0.229 e. The maximum atomic E-state index is 11.4. The summed E-state index contributed by atoms with van der Waals surface area (Å²) in [6.07, 6.45) is 6.89. The normalized spacial score (nSPS) is 25.8. The first-order chi connectivity index (χ1) is 7.59. The SMILES string of the molecule is CCCCCCC(CCl)C1CCS(=O)(=O)C1. The average Bonchev–Trinajstić information content (AvgIpc) is 2.59. The van der Waals surface area contributed by atoms with E-state index in [1.807, 2.05) is 0 Å². The quantitative estimate of drug-likeness (QED) is 0.524. The second kappa shape index (κ2) is 6.85. The van der Waals surface area contributed by atoms with Crippen molar-refractivity contribution in [1.29, 1.82) is 0 Å². The van der Waals surface area contributed by atoms with Gasteiger partial charge in [-0.15, -0.1) is 11.6 Å². The summed E-state index contributed by atoms with van der Waals surface area (Å²) in [5.74, 6) is 2.10. The highest BCUT2D eigenvalue weighted by atomic mass is 35.5. The average molecular weight is 267 g/mol. The molecule has 2 nitrogen and oxygen atoms in total. The summed E-state index contributed by atoms with van der Waals surface area (Å²) in [5.41, 5.74) is 0. The Labute approximate surface area is 105 Å². The molecule has 4 heteroatoms. The predicted molar refractivity (Wildman–Crippen MR) is 69.7 cm³/mol. The van der Waals surface area contributed by atoms with Crippen LogP contribution in [0.5, 0.6) is 0 Å². The van der Waals surface area contributed by atoms with Gasteiger partial charge in [0.25, 0.3) is 0 Å². The maximum Gasteiger partial charge on any atom is 0.150 e. The maximum absolute atomic E-state index is 11.4. The van der Waals surface area contributed by atoms with Gasteiger partial charge < -0.3 is 0 Å². The topological polar surface area (TPSA) is 34.1 Å². The van der Waals surface area contributed by atoms with Crippen LogP contribution < -0.4 is 0 Å². The van der Waals surface area contributed by atoms with Gasteiger partial charge in [0, 0.05) is 5.88 Å². The highest BCUT2D eigenvalue weighted by Gasteiger charge is 2.32. The van der Waals surface area contributed by atoms with Crippen molar-refractivity contribution < 1.29 is 8.42 Å². The number of halogens is 1. The molecule has 0 bridgehead atoms. The number of sulfone groups is 1. The molecule has 0 aromatic rings. The fourth-order valence-electron chi connectivity index (χ4n) is 2.47. The van der Waals surface area contributed by atoms with Gasteiger partial charge in [0.2, 0.25) is 0 Å². The zero-order valence-electron chi connectivity index (χ0n) is 10.1. The Hall–Kier alpha value is 0.240. The molecule has 0 radical (unpaired) electrons. The van der Waals surface area contributed by atoms with Gasteiger partial charge >= 0.3 is 0 Å². The molecule has 16 heavy (non-hydrogen) atoms. The Morgan fingerprint density at radius 3 is 2.56 bits per heavy atom. The second-order valence-electron chi connectivity index (χ2n) is 4.93. The van der Waals surface area contributed by atoms with E-state index < -0.39 is 9.84 Å². The summed E-state index contributed by atoms with van der Waals surface area (Å²) < 4.78 is 22.8. The number of hydrogen-bond acceptors (Lipinski definition) is 2. The Balaban J connectivity index is 2.31. The van der Waals surface area contributed by atoms with E-state index in [2.05, 4.69) is 6.92 Å². The Morgan fingerprint density at radius 2 is 2.06 bits per heavy atom. The molecule has 0 N–H and O–H groups in total. The van der Waals surface area contributed by atoms with Gasteiger partial charge in [0.15, 0.2) is 9.84 Å². The molecule has 96 valence electrons. The fourth-order valence-corrected chi connectivity index (χ4v) is 4.79. The van der Waals surface area contributed by atoms with E-state index in [-0.39, 0.29) is 0 Å². The van der Waals surface area contributed by atoms with Crippen LogP contribution in [-0.4, -0.2) is 25.8 Å². The summed E-state index contributed by atoms with van der Waals surface area (Å²) in [4.78, 5) is 0. The number of hydrogen-bond donors (Lipinski definition) is 0. The van der Waals surface area contributed by atoms with Crippen LogP contribution in [-0.2, 0) is 9.84 Å². The van der Waals surface area contributed by atoms with E-state index in [4.69, 9.17) is 11.6 Å². The predicted octanol–water partition coefficient (Wildman–Crippen LogP) is 3.25. The minimum atomic E-state index is -2.74. The summed E-state index contributed by atoms with van der Waals surface area (Å²) in [6.45, 7) is 2.20. The highest BCUT2D eigenvalue weighted by Crippen LogP contribution is 2.30. The van der Waals surface area contributed by atoms with Gasteiger partial charge in [0.05, 0.1) is 11.5 Å². The fraction of sp³-hybridized carbons (Fsp3) is 1.00. The van der Waals surface area contributed by atoms with Crippen LogP contribution in [0.4, 0.5) is 0 Å². The molecule has 1 saturated heterocycles. The van der Waals surface area contributed by atoms with E-state index in [0.29, 0.717) is 29.2 Å². The number of rotatable bonds is 7. The summed E-state index contributed by atoms with van der Waals surface area (Å²) in [6, 6.07) is 0. The lowest BCUT2D eigenvalue weighted by Gasteiger charge is -2.19. The minimum absolute atomic E-state index is 0.323. The molecule has 0 amide bonds. The molecule has 1 heterocycles. The van der Waals surface area contributed by atoms with Crippen molar-refractivity contribution in [2.75, 3.05) is 17.4 Å². The van der Waals surface area contributed by atoms with Gasteiger partial charge in [-0.2, -0.15) is 0 Å². The van der Waals surface area contributed by atoms with Crippen LogP contribution in [0.3, 0.4) is 0 Å². The number of unbranched alkanes of at least 4 members (excludes halogenated alkanes) is 3. The molecular weight excluding hydrogens is 244 g/mol. The van der Waals surface area contributed by atoms with E-state index in [1.165, 1.54) is 25.7 Å². The van der Waals surface area contributed by atoms with Gasteiger partial charge in [-0.3, -0.25) is 0 Å². The molecule has 2 unspecified atom stereocenters. The molecule has 0 aromatic heterocycles. The third-order valence-corrected chi connectivity index (χ3v) is 5.75. The lowest BCUT2D eigenvalue weighted by molar-refractivity contribution is 0.361. The van der Waals surface area contributed by atoms with E-state index in [1.54, 1.807) is 0 Å². The molecule has 0 aromatic carbocycles. The third kappa shape index (κ3) is 4.62. The minimum Gasteiger partial charge on any atom is -0.229 e. The van der Waals surface area contributed by atoms with Crippen LogP contribution in [0.1, 0.15) is 45.4 Å². The smallest absolute Gasteiger partial charge is 0.150 e. The Kier molecular flexibility index (Phi) is 6.12. The van der Waals surface area contributed by atoms with E-state index in [9.17, 15) is 8.42 Å². The van der Waals surface area contributed by atoms with E-state index in [0.717, 1.165) is 12.8 Å². The zero-order chi connectivity index (χ0) is 12.0. The van der Waals surface area contributed by atoms with Crippen molar-refractivity contribution in [3.05, 3.63) is 0 Å². The van der Waals surface area contributed by atoms with Crippen molar-refractivity contribution in [2.24, 2.45) is 11.8 Å². The molecule has 0 saturated carbocycles. The lowest BCUT2D eigenvalue weighted by Crippen LogP contribution is -2.18. The first kappa shape index (κ1) is 14.3. The molecule has 2 atom stereocenters. The van der Waals surface area contributed by atoms with Gasteiger partial charge in [-0.05, 0) is 24.7 Å². The van der Waals surface area contributed by atoms with Crippen LogP contribution in [0.2, 0.25) is 0 Å². The van der Waals surface area contributed by atoms with Crippen molar-refractivity contribution >= 4 is 21.4 Å². The van der Waals surface area contributed by atoms with Crippen LogP contribution >= 0.6 is 11.6 Å². The Bertz CT molecular complexity index is 287. The molecular formula is C12H23ClO2S. The van der Waals surface area contributed by atoms with Crippen molar-refractivity contribution in [3.63, 3.8) is 0 Å². The molecule has 1 rings (SSSR count). The van der Waals surface area contributed by atoms with Gasteiger partial charge in [-0.25, -0.2) is 8.42 Å². The molecule has 1 aliphatic heterocycles. The van der Waals surface area contributed by atoms with Crippen molar-refractivity contribution in [1.82, 2.24) is 0 Å². The molecule has 1 aliphatic rings.